The lowest BCUT2D eigenvalue weighted by molar-refractivity contribution is 0.0598. The number of rotatable bonds is 4. The van der Waals surface area contributed by atoms with E-state index in [4.69, 9.17) is 0 Å². The number of hydrogen-bond donors (Lipinski definition) is 0. The highest BCUT2D eigenvalue weighted by molar-refractivity contribution is 7.91. The van der Waals surface area contributed by atoms with Gasteiger partial charge in [0.1, 0.15) is 9.84 Å². The molecule has 138 valence electrons. The Kier molecular flexibility index (Phi) is 4.34. The number of benzene rings is 1. The van der Waals surface area contributed by atoms with Crippen LogP contribution < -0.4 is 0 Å². The van der Waals surface area contributed by atoms with Crippen LogP contribution in [0.4, 0.5) is 0 Å². The number of carbonyl (C=O) groups is 1. The Bertz CT molecular complexity index is 877. The second kappa shape index (κ2) is 6.54. The molecule has 1 aromatic heterocycles. The van der Waals surface area contributed by atoms with E-state index in [2.05, 4.69) is 4.98 Å². The highest BCUT2D eigenvalue weighted by Gasteiger charge is 2.45. The van der Waals surface area contributed by atoms with Gasteiger partial charge in [0.15, 0.2) is 0 Å². The fraction of sp³-hybridized carbons (Fsp3) is 0.474. The number of hydrogen-bond acceptors (Lipinski definition) is 4. The Morgan fingerprint density at radius 1 is 1.15 bits per heavy atom. The zero-order valence-electron chi connectivity index (χ0n) is 14.8. The van der Waals surface area contributed by atoms with E-state index in [1.165, 1.54) is 6.26 Å². The zero-order valence-corrected chi connectivity index (χ0v) is 15.6. The summed E-state index contributed by atoms with van der Waals surface area (Å²) in [6.07, 6.45) is 9.68. The van der Waals surface area contributed by atoms with Gasteiger partial charge in [-0.15, -0.1) is 0 Å². The molecule has 6 nitrogen and oxygen atoms in total. The van der Waals surface area contributed by atoms with Gasteiger partial charge in [-0.2, -0.15) is 0 Å². The number of nitrogens with zero attached hydrogens (tertiary/aromatic N) is 3. The molecule has 2 aromatic rings. The molecule has 0 saturated carbocycles. The van der Waals surface area contributed by atoms with Crippen LogP contribution in [0.15, 0.2) is 43.0 Å². The Hall–Kier alpha value is -2.15. The third-order valence-electron chi connectivity index (χ3n) is 5.66. The van der Waals surface area contributed by atoms with Crippen LogP contribution in [0.3, 0.4) is 0 Å². The van der Waals surface area contributed by atoms with Crippen LogP contribution in [0, 0.1) is 0 Å². The summed E-state index contributed by atoms with van der Waals surface area (Å²) in [6.45, 7) is 0.722. The summed E-state index contributed by atoms with van der Waals surface area (Å²) in [6, 6.07) is 7.78. The summed E-state index contributed by atoms with van der Waals surface area (Å²) in [7, 11) is -3.04. The van der Waals surface area contributed by atoms with Crippen LogP contribution in [0.2, 0.25) is 0 Å². The molecule has 2 atom stereocenters. The van der Waals surface area contributed by atoms with Gasteiger partial charge in [-0.1, -0.05) is 12.1 Å². The van der Waals surface area contributed by atoms with Gasteiger partial charge in [-0.3, -0.25) is 4.79 Å². The van der Waals surface area contributed by atoms with Crippen LogP contribution in [0.5, 0.6) is 0 Å². The van der Waals surface area contributed by atoms with Crippen molar-refractivity contribution in [2.24, 2.45) is 0 Å². The summed E-state index contributed by atoms with van der Waals surface area (Å²) in [5, 5.41) is -0.304. The lowest BCUT2D eigenvalue weighted by atomic mass is 10.0. The van der Waals surface area contributed by atoms with E-state index in [9.17, 15) is 13.2 Å². The van der Waals surface area contributed by atoms with Gasteiger partial charge < -0.3 is 9.47 Å². The Balaban J connectivity index is 1.48. The summed E-state index contributed by atoms with van der Waals surface area (Å²) in [5.74, 6) is 0.0265. The van der Waals surface area contributed by atoms with Crippen LogP contribution >= 0.6 is 0 Å². The number of aromatic nitrogens is 2. The normalized spacial score (nSPS) is 25.4. The van der Waals surface area contributed by atoms with Gasteiger partial charge in [0.05, 0.1) is 11.6 Å². The van der Waals surface area contributed by atoms with Crippen molar-refractivity contribution >= 4 is 15.7 Å². The Morgan fingerprint density at radius 2 is 1.81 bits per heavy atom. The lowest BCUT2D eigenvalue weighted by Gasteiger charge is -2.38. The zero-order chi connectivity index (χ0) is 18.3. The van der Waals surface area contributed by atoms with Gasteiger partial charge >= 0.3 is 0 Å². The second-order valence-electron chi connectivity index (χ2n) is 7.45. The molecule has 1 aromatic carbocycles. The first-order chi connectivity index (χ1) is 12.4. The van der Waals surface area contributed by atoms with Gasteiger partial charge in [0, 0.05) is 42.8 Å². The van der Waals surface area contributed by atoms with E-state index in [0.29, 0.717) is 18.4 Å². The molecule has 2 aliphatic rings. The maximum atomic E-state index is 13.0. The van der Waals surface area contributed by atoms with E-state index >= 15 is 0 Å². The molecule has 2 saturated heterocycles. The van der Waals surface area contributed by atoms with Crippen molar-refractivity contribution in [3.05, 3.63) is 54.1 Å². The molecule has 1 amide bonds. The largest absolute Gasteiger partial charge is 0.333 e. The predicted octanol–water partition coefficient (Wildman–Crippen LogP) is 2.11. The average Bonchev–Trinajstić information content (AvgIpc) is 3.19. The van der Waals surface area contributed by atoms with Crippen LogP contribution in [0.1, 0.15) is 41.6 Å². The molecule has 0 N–H and O–H groups in total. The van der Waals surface area contributed by atoms with Crippen molar-refractivity contribution in [3.63, 3.8) is 0 Å². The third-order valence-corrected chi connectivity index (χ3v) is 7.25. The maximum absolute atomic E-state index is 13.0. The van der Waals surface area contributed by atoms with Crippen molar-refractivity contribution in [1.29, 1.82) is 0 Å². The first-order valence-electron chi connectivity index (χ1n) is 8.98. The van der Waals surface area contributed by atoms with Gasteiger partial charge in [0.2, 0.25) is 0 Å². The molecule has 2 aliphatic heterocycles. The minimum Gasteiger partial charge on any atom is -0.333 e. The number of amides is 1. The molecule has 0 aliphatic carbocycles. The first-order valence-corrected chi connectivity index (χ1v) is 10.9. The molecule has 0 spiro atoms. The number of carbonyl (C=O) groups excluding carboxylic acids is 1. The topological polar surface area (TPSA) is 72.3 Å². The highest BCUT2D eigenvalue weighted by atomic mass is 32.2. The predicted molar refractivity (Wildman–Crippen MR) is 98.6 cm³/mol. The molecule has 7 heteroatoms. The smallest absolute Gasteiger partial charge is 0.254 e. The molecular weight excluding hydrogens is 350 g/mol. The summed E-state index contributed by atoms with van der Waals surface area (Å²) < 4.78 is 25.8. The van der Waals surface area contributed by atoms with E-state index in [1.54, 1.807) is 12.5 Å². The Morgan fingerprint density at radius 3 is 2.35 bits per heavy atom. The fourth-order valence-electron chi connectivity index (χ4n) is 4.30. The first kappa shape index (κ1) is 17.3. The monoisotopic (exact) mass is 373 g/mol. The van der Waals surface area contributed by atoms with E-state index < -0.39 is 9.84 Å². The van der Waals surface area contributed by atoms with Crippen molar-refractivity contribution in [1.82, 2.24) is 14.5 Å². The maximum Gasteiger partial charge on any atom is 0.254 e. The highest BCUT2D eigenvalue weighted by Crippen LogP contribution is 2.39. The third kappa shape index (κ3) is 3.28. The summed E-state index contributed by atoms with van der Waals surface area (Å²) in [5.41, 5.74) is 1.78. The standard InChI is InChI=1S/C19H23N3O3S/c1-26(24,25)18-10-16-6-7-17(11-18)22(16)19(23)15-4-2-14(3-5-15)12-21-9-8-20-13-21/h2-5,8-9,13,16-18H,6-7,10-12H2,1H3. The van der Waals surface area contributed by atoms with Crippen molar-refractivity contribution in [3.8, 4) is 0 Å². The van der Waals surface area contributed by atoms with Crippen LogP contribution in [0.25, 0.3) is 0 Å². The van der Waals surface area contributed by atoms with Crippen molar-refractivity contribution in [2.75, 3.05) is 6.26 Å². The summed E-state index contributed by atoms with van der Waals surface area (Å²) >= 11 is 0. The van der Waals surface area contributed by atoms with Crippen molar-refractivity contribution in [2.45, 2.75) is 49.6 Å². The molecular formula is C19H23N3O3S. The number of piperidine rings is 1. The number of sulfone groups is 1. The van der Waals surface area contributed by atoms with E-state index in [1.807, 2.05) is 39.9 Å². The quantitative estimate of drug-likeness (QED) is 0.823. The molecule has 26 heavy (non-hydrogen) atoms. The van der Waals surface area contributed by atoms with Gasteiger partial charge in [-0.25, -0.2) is 13.4 Å². The van der Waals surface area contributed by atoms with Crippen molar-refractivity contribution < 1.29 is 13.2 Å². The molecule has 2 unspecified atom stereocenters. The number of imidazole rings is 1. The molecule has 0 radical (unpaired) electrons. The lowest BCUT2D eigenvalue weighted by Crippen LogP contribution is -2.49. The fourth-order valence-corrected chi connectivity index (χ4v) is 5.44. The summed E-state index contributed by atoms with van der Waals surface area (Å²) in [4.78, 5) is 19.0. The second-order valence-corrected chi connectivity index (χ2v) is 9.78. The molecule has 4 rings (SSSR count). The van der Waals surface area contributed by atoms with Crippen LogP contribution in [-0.4, -0.2) is 52.4 Å². The molecule has 2 fully saturated rings. The average molecular weight is 373 g/mol. The van der Waals surface area contributed by atoms with E-state index in [-0.39, 0.29) is 23.2 Å². The van der Waals surface area contributed by atoms with Crippen LogP contribution in [-0.2, 0) is 16.4 Å². The SMILES string of the molecule is CS(=O)(=O)C1CC2CCC(C1)N2C(=O)c1ccc(Cn2ccnc2)cc1. The molecule has 2 bridgehead atoms. The molecule has 3 heterocycles. The minimum atomic E-state index is -3.04. The Labute approximate surface area is 153 Å². The number of fused-ring (bicyclic) bond motifs is 2. The van der Waals surface area contributed by atoms with Gasteiger partial charge in [-0.05, 0) is 43.4 Å². The minimum absolute atomic E-state index is 0.0265. The van der Waals surface area contributed by atoms with E-state index in [0.717, 1.165) is 24.9 Å². The van der Waals surface area contributed by atoms with Gasteiger partial charge in [0.25, 0.3) is 5.91 Å².